The van der Waals surface area contributed by atoms with Gasteiger partial charge in [0.05, 0.1) is 17.5 Å². The molecule has 2 heterocycles. The second-order valence-electron chi connectivity index (χ2n) is 3.80. The summed E-state index contributed by atoms with van der Waals surface area (Å²) in [5.74, 6) is 0.493. The normalized spacial score (nSPS) is 12.6. The van der Waals surface area contributed by atoms with Crippen molar-refractivity contribution in [1.29, 1.82) is 0 Å². The number of rotatable bonds is 4. The fraction of sp³-hybridized carbons (Fsp3) is 0.364. The van der Waals surface area contributed by atoms with Crippen molar-refractivity contribution in [2.24, 2.45) is 0 Å². The van der Waals surface area contributed by atoms with Crippen LogP contribution in [0.1, 0.15) is 6.92 Å². The van der Waals surface area contributed by atoms with Gasteiger partial charge in [-0.25, -0.2) is 9.97 Å². The number of fused-ring (bicyclic) bond motifs is 1. The van der Waals surface area contributed by atoms with Crippen LogP contribution >= 0.6 is 0 Å². The average molecular weight is 234 g/mol. The van der Waals surface area contributed by atoms with Crippen LogP contribution in [0.15, 0.2) is 23.3 Å². The van der Waals surface area contributed by atoms with Crippen LogP contribution in [0.2, 0.25) is 0 Å². The third kappa shape index (κ3) is 2.59. The zero-order chi connectivity index (χ0) is 12.3. The third-order valence-corrected chi connectivity index (χ3v) is 2.31. The molecule has 90 valence electrons. The van der Waals surface area contributed by atoms with E-state index in [0.29, 0.717) is 23.5 Å². The molecule has 2 aromatic rings. The Kier molecular flexibility index (Phi) is 3.34. The van der Waals surface area contributed by atoms with Crippen molar-refractivity contribution in [3.63, 3.8) is 0 Å². The highest BCUT2D eigenvalue weighted by Gasteiger charge is 2.05. The van der Waals surface area contributed by atoms with Gasteiger partial charge in [-0.05, 0) is 13.0 Å². The van der Waals surface area contributed by atoms with Crippen molar-refractivity contribution in [2.75, 3.05) is 19.0 Å². The zero-order valence-corrected chi connectivity index (χ0v) is 9.73. The Morgan fingerprint density at radius 3 is 3.18 bits per heavy atom. The van der Waals surface area contributed by atoms with Crippen molar-refractivity contribution in [2.45, 2.75) is 13.0 Å². The quantitative estimate of drug-likeness (QED) is 0.816. The maximum atomic E-state index is 11.4. The Hall–Kier alpha value is -1.95. The largest absolute Gasteiger partial charge is 0.383 e. The monoisotopic (exact) mass is 234 g/mol. The molecule has 0 aliphatic carbocycles. The fourth-order valence-electron chi connectivity index (χ4n) is 1.55. The van der Waals surface area contributed by atoms with E-state index in [1.165, 1.54) is 6.20 Å². The van der Waals surface area contributed by atoms with Gasteiger partial charge >= 0.3 is 0 Å². The summed E-state index contributed by atoms with van der Waals surface area (Å²) in [5, 5.41) is 3.58. The van der Waals surface area contributed by atoms with Crippen LogP contribution in [-0.2, 0) is 4.74 Å². The lowest BCUT2D eigenvalue weighted by Crippen LogP contribution is -2.22. The molecule has 6 nitrogen and oxygen atoms in total. The van der Waals surface area contributed by atoms with E-state index in [1.54, 1.807) is 19.4 Å². The standard InChI is InChI=1S/C11H14N4O2/c1-7(6-17-2)14-11-13-5-8-9(15-11)3-4-12-10(8)16/h3-5,7H,6H2,1-2H3,(H,12,16)(H,13,14,15). The molecule has 2 aromatic heterocycles. The van der Waals surface area contributed by atoms with Gasteiger partial charge in [-0.15, -0.1) is 0 Å². The highest BCUT2D eigenvalue weighted by Crippen LogP contribution is 2.08. The molecule has 0 fully saturated rings. The van der Waals surface area contributed by atoms with Gasteiger partial charge in [-0.1, -0.05) is 0 Å². The molecule has 0 aliphatic heterocycles. The summed E-state index contributed by atoms with van der Waals surface area (Å²) in [7, 11) is 1.64. The second-order valence-corrected chi connectivity index (χ2v) is 3.80. The molecule has 17 heavy (non-hydrogen) atoms. The number of nitrogens with one attached hydrogen (secondary N) is 2. The smallest absolute Gasteiger partial charge is 0.258 e. The molecule has 0 aromatic carbocycles. The molecule has 1 atom stereocenters. The van der Waals surface area contributed by atoms with E-state index in [1.807, 2.05) is 6.92 Å². The Labute approximate surface area is 98.1 Å². The van der Waals surface area contributed by atoms with Crippen molar-refractivity contribution >= 4 is 16.9 Å². The summed E-state index contributed by atoms with van der Waals surface area (Å²) in [6, 6.07) is 1.85. The maximum absolute atomic E-state index is 11.4. The van der Waals surface area contributed by atoms with E-state index >= 15 is 0 Å². The highest BCUT2D eigenvalue weighted by atomic mass is 16.5. The highest BCUT2D eigenvalue weighted by molar-refractivity contribution is 5.77. The van der Waals surface area contributed by atoms with E-state index < -0.39 is 0 Å². The fourth-order valence-corrected chi connectivity index (χ4v) is 1.55. The molecule has 0 bridgehead atoms. The van der Waals surface area contributed by atoms with Gasteiger partial charge in [0, 0.05) is 25.5 Å². The molecule has 1 unspecified atom stereocenters. The Morgan fingerprint density at radius 2 is 2.41 bits per heavy atom. The first-order valence-electron chi connectivity index (χ1n) is 5.30. The van der Waals surface area contributed by atoms with Crippen LogP contribution in [0.5, 0.6) is 0 Å². The van der Waals surface area contributed by atoms with E-state index in [0.717, 1.165) is 0 Å². The summed E-state index contributed by atoms with van der Waals surface area (Å²) >= 11 is 0. The summed E-state index contributed by atoms with van der Waals surface area (Å²) in [5.41, 5.74) is 0.440. The molecule has 2 rings (SSSR count). The van der Waals surface area contributed by atoms with E-state index in [2.05, 4.69) is 20.3 Å². The third-order valence-electron chi connectivity index (χ3n) is 2.31. The van der Waals surface area contributed by atoms with Gasteiger partial charge in [-0.3, -0.25) is 4.79 Å². The summed E-state index contributed by atoms with van der Waals surface area (Å²) in [6.07, 6.45) is 3.09. The number of ether oxygens (including phenoxy) is 1. The van der Waals surface area contributed by atoms with Crippen molar-refractivity contribution in [3.8, 4) is 0 Å². The lowest BCUT2D eigenvalue weighted by molar-refractivity contribution is 0.190. The van der Waals surface area contributed by atoms with Crippen LogP contribution in [0.4, 0.5) is 5.95 Å². The second kappa shape index (κ2) is 4.92. The maximum Gasteiger partial charge on any atom is 0.258 e. The van der Waals surface area contributed by atoms with Crippen molar-refractivity contribution < 1.29 is 4.74 Å². The number of aromatic nitrogens is 3. The lowest BCUT2D eigenvalue weighted by Gasteiger charge is -2.12. The van der Waals surface area contributed by atoms with Crippen molar-refractivity contribution in [1.82, 2.24) is 15.0 Å². The van der Waals surface area contributed by atoms with Gasteiger partial charge < -0.3 is 15.0 Å². The van der Waals surface area contributed by atoms with Crippen LogP contribution in [0, 0.1) is 0 Å². The van der Waals surface area contributed by atoms with E-state index in [9.17, 15) is 4.79 Å². The predicted molar refractivity (Wildman–Crippen MR) is 65.1 cm³/mol. The molecule has 6 heteroatoms. The minimum atomic E-state index is -0.181. The number of hydrogen-bond acceptors (Lipinski definition) is 5. The molecule has 0 amide bonds. The van der Waals surface area contributed by atoms with Gasteiger partial charge in [0.1, 0.15) is 0 Å². The summed E-state index contributed by atoms with van der Waals surface area (Å²) < 4.78 is 5.01. The first-order valence-corrected chi connectivity index (χ1v) is 5.30. The first-order chi connectivity index (χ1) is 8.20. The van der Waals surface area contributed by atoms with Gasteiger partial charge in [-0.2, -0.15) is 0 Å². The SMILES string of the molecule is COCC(C)Nc1ncc2c(=O)[nH]ccc2n1. The van der Waals surface area contributed by atoms with Crippen LogP contribution in [0.3, 0.4) is 0 Å². The summed E-state index contributed by atoms with van der Waals surface area (Å²) in [6.45, 7) is 2.53. The van der Waals surface area contributed by atoms with Crippen LogP contribution < -0.4 is 10.9 Å². The number of H-pyrrole nitrogens is 1. The molecule has 0 radical (unpaired) electrons. The number of aromatic amines is 1. The topological polar surface area (TPSA) is 79.9 Å². The molecule has 2 N–H and O–H groups in total. The number of nitrogens with zero attached hydrogens (tertiary/aromatic N) is 2. The van der Waals surface area contributed by atoms with E-state index in [4.69, 9.17) is 4.74 Å². The molecule has 0 saturated heterocycles. The van der Waals surface area contributed by atoms with Crippen LogP contribution in [-0.4, -0.2) is 34.7 Å². The number of hydrogen-bond donors (Lipinski definition) is 2. The van der Waals surface area contributed by atoms with Gasteiger partial charge in [0.25, 0.3) is 5.56 Å². The Morgan fingerprint density at radius 1 is 1.59 bits per heavy atom. The summed E-state index contributed by atoms with van der Waals surface area (Å²) in [4.78, 5) is 22.4. The lowest BCUT2D eigenvalue weighted by atomic mass is 10.3. The molecule has 0 spiro atoms. The number of methoxy groups -OCH3 is 1. The van der Waals surface area contributed by atoms with Crippen molar-refractivity contribution in [3.05, 3.63) is 28.8 Å². The van der Waals surface area contributed by atoms with E-state index in [-0.39, 0.29) is 11.6 Å². The first kappa shape index (κ1) is 11.5. The zero-order valence-electron chi connectivity index (χ0n) is 9.73. The Bertz CT molecular complexity index is 567. The molecular formula is C11H14N4O2. The minimum absolute atomic E-state index is 0.111. The number of anilines is 1. The average Bonchev–Trinajstić information content (AvgIpc) is 2.29. The number of pyridine rings is 1. The predicted octanol–water partition coefficient (Wildman–Crippen LogP) is 0.765. The molecule has 0 aliphatic rings. The van der Waals surface area contributed by atoms with Gasteiger partial charge in [0.2, 0.25) is 5.95 Å². The van der Waals surface area contributed by atoms with Crippen LogP contribution in [0.25, 0.3) is 10.9 Å². The Balaban J connectivity index is 2.29. The molecular weight excluding hydrogens is 220 g/mol. The minimum Gasteiger partial charge on any atom is -0.383 e. The molecule has 0 saturated carbocycles. The van der Waals surface area contributed by atoms with Gasteiger partial charge in [0.15, 0.2) is 0 Å².